The van der Waals surface area contributed by atoms with Gasteiger partial charge in [0, 0.05) is 5.69 Å². The molecule has 8 nitrogen and oxygen atoms in total. The predicted octanol–water partition coefficient (Wildman–Crippen LogP) is -0.0821. The van der Waals surface area contributed by atoms with Crippen LogP contribution in [0.25, 0.3) is 0 Å². The van der Waals surface area contributed by atoms with Gasteiger partial charge in [-0.05, 0) is 13.8 Å². The summed E-state index contributed by atoms with van der Waals surface area (Å²) in [5.41, 5.74) is 0.0827. The van der Waals surface area contributed by atoms with Crippen LogP contribution in [-0.4, -0.2) is 39.8 Å². The summed E-state index contributed by atoms with van der Waals surface area (Å²) in [4.78, 5) is 33.1. The third-order valence-electron chi connectivity index (χ3n) is 1.85. The average molecular weight is 241 g/mol. The number of hydrogen-bond donors (Lipinski definition) is 3. The number of carboxylic acid groups (broad SMARTS) is 1. The first-order valence-corrected chi connectivity index (χ1v) is 4.73. The zero-order chi connectivity index (χ0) is 13.0. The minimum Gasteiger partial charge on any atom is -0.477 e. The van der Waals surface area contributed by atoms with Crippen LogP contribution in [0, 0.1) is 6.92 Å². The van der Waals surface area contributed by atoms with Crippen LogP contribution in [0.1, 0.15) is 23.0 Å². The highest BCUT2D eigenvalue weighted by Crippen LogP contribution is 2.15. The first kappa shape index (κ1) is 12.7. The Balaban J connectivity index is 2.85. The highest BCUT2D eigenvalue weighted by Gasteiger charge is 2.22. The number of esters is 1. The number of nitrogens with zero attached hydrogens (tertiary/aromatic N) is 1. The van der Waals surface area contributed by atoms with Crippen LogP contribution >= 0.6 is 0 Å². The Morgan fingerprint density at radius 1 is 1.47 bits per heavy atom. The van der Waals surface area contributed by atoms with E-state index < -0.39 is 17.8 Å². The van der Waals surface area contributed by atoms with Gasteiger partial charge in [0.2, 0.25) is 0 Å². The Morgan fingerprint density at radius 2 is 2.12 bits per heavy atom. The molecule has 0 radical (unpaired) electrons. The van der Waals surface area contributed by atoms with Crippen LogP contribution in [0.2, 0.25) is 0 Å². The van der Waals surface area contributed by atoms with Crippen LogP contribution in [-0.2, 0) is 14.3 Å². The number of nitrogens with one attached hydrogen (secondary N) is 2. The third kappa shape index (κ3) is 2.80. The summed E-state index contributed by atoms with van der Waals surface area (Å²) in [6.07, 6.45) is 0. The Hall–Kier alpha value is -2.38. The molecule has 0 saturated heterocycles. The minimum atomic E-state index is -1.25. The number of hydrogen-bond acceptors (Lipinski definition) is 5. The highest BCUT2D eigenvalue weighted by molar-refractivity contribution is 6.37. The summed E-state index contributed by atoms with van der Waals surface area (Å²) < 4.78 is 4.45. The Kier molecular flexibility index (Phi) is 3.81. The zero-order valence-corrected chi connectivity index (χ0v) is 9.23. The molecule has 3 N–H and O–H groups in total. The molecule has 0 aliphatic rings. The molecule has 92 valence electrons. The maximum absolute atomic E-state index is 11.3. The van der Waals surface area contributed by atoms with E-state index in [0.29, 0.717) is 0 Å². The Bertz CT molecular complexity index is 465. The maximum atomic E-state index is 11.3. The highest BCUT2D eigenvalue weighted by atomic mass is 16.5. The van der Waals surface area contributed by atoms with Gasteiger partial charge in [0.15, 0.2) is 5.82 Å². The van der Waals surface area contributed by atoms with Gasteiger partial charge in [-0.2, -0.15) is 5.10 Å². The van der Waals surface area contributed by atoms with E-state index in [1.165, 1.54) is 6.92 Å². The van der Waals surface area contributed by atoms with Gasteiger partial charge in [-0.25, -0.2) is 9.59 Å². The SMILES string of the molecule is CCOC(=O)C(=O)Nc1n[nH]c(C)c1C(=O)O. The minimum absolute atomic E-state index is 0.0532. The van der Waals surface area contributed by atoms with Crippen LogP contribution in [0.4, 0.5) is 5.82 Å². The fraction of sp³-hybridized carbons (Fsp3) is 0.333. The number of carbonyl (C=O) groups excluding carboxylic acids is 2. The van der Waals surface area contributed by atoms with Crippen molar-refractivity contribution in [2.24, 2.45) is 0 Å². The molecule has 0 fully saturated rings. The van der Waals surface area contributed by atoms with Crippen molar-refractivity contribution >= 4 is 23.7 Å². The van der Waals surface area contributed by atoms with Crippen molar-refractivity contribution in [3.05, 3.63) is 11.3 Å². The molecule has 1 aromatic rings. The maximum Gasteiger partial charge on any atom is 0.397 e. The van der Waals surface area contributed by atoms with E-state index >= 15 is 0 Å². The number of amides is 1. The zero-order valence-electron chi connectivity index (χ0n) is 9.23. The van der Waals surface area contributed by atoms with Crippen molar-refractivity contribution in [3.63, 3.8) is 0 Å². The van der Waals surface area contributed by atoms with Crippen molar-refractivity contribution < 1.29 is 24.2 Å². The second-order valence-electron chi connectivity index (χ2n) is 3.05. The molecule has 0 bridgehead atoms. The number of aryl methyl sites for hydroxylation is 1. The van der Waals surface area contributed by atoms with Gasteiger partial charge < -0.3 is 9.84 Å². The van der Waals surface area contributed by atoms with Crippen molar-refractivity contribution in [2.75, 3.05) is 11.9 Å². The number of carbonyl (C=O) groups is 3. The summed E-state index contributed by atoms with van der Waals surface area (Å²) in [5, 5.41) is 16.9. The lowest BCUT2D eigenvalue weighted by Gasteiger charge is -2.02. The molecule has 8 heteroatoms. The lowest BCUT2D eigenvalue weighted by Crippen LogP contribution is -2.26. The van der Waals surface area contributed by atoms with E-state index in [1.807, 2.05) is 0 Å². The van der Waals surface area contributed by atoms with E-state index in [4.69, 9.17) is 5.11 Å². The van der Waals surface area contributed by atoms with E-state index in [0.717, 1.165) is 0 Å². The van der Waals surface area contributed by atoms with Gasteiger partial charge >= 0.3 is 17.8 Å². The third-order valence-corrected chi connectivity index (χ3v) is 1.85. The number of anilines is 1. The summed E-state index contributed by atoms with van der Waals surface area (Å²) in [7, 11) is 0. The smallest absolute Gasteiger partial charge is 0.397 e. The molecule has 0 spiro atoms. The molecule has 0 saturated carbocycles. The fourth-order valence-corrected chi connectivity index (χ4v) is 1.14. The van der Waals surface area contributed by atoms with E-state index in [-0.39, 0.29) is 23.7 Å². The summed E-state index contributed by atoms with van der Waals surface area (Å²) >= 11 is 0. The van der Waals surface area contributed by atoms with Gasteiger partial charge in [-0.1, -0.05) is 0 Å². The standard InChI is InChI=1S/C9H11N3O5/c1-3-17-9(16)7(13)10-6-5(8(14)15)4(2)11-12-6/h3H2,1-2H3,(H,14,15)(H2,10,11,12,13). The lowest BCUT2D eigenvalue weighted by atomic mass is 10.2. The summed E-state index contributed by atoms with van der Waals surface area (Å²) in [5.74, 6) is -3.63. The fourth-order valence-electron chi connectivity index (χ4n) is 1.14. The molecule has 1 rings (SSSR count). The quantitative estimate of drug-likeness (QED) is 0.502. The molecule has 1 amide bonds. The number of aromatic amines is 1. The van der Waals surface area contributed by atoms with Crippen LogP contribution in [0.5, 0.6) is 0 Å². The van der Waals surface area contributed by atoms with Crippen molar-refractivity contribution in [1.29, 1.82) is 0 Å². The number of aromatic nitrogens is 2. The number of ether oxygens (including phenoxy) is 1. The van der Waals surface area contributed by atoms with Crippen LogP contribution in [0.3, 0.4) is 0 Å². The van der Waals surface area contributed by atoms with Gasteiger partial charge in [0.1, 0.15) is 5.56 Å². The Labute approximate surface area is 96.0 Å². The lowest BCUT2D eigenvalue weighted by molar-refractivity contribution is -0.152. The monoisotopic (exact) mass is 241 g/mol. The normalized spacial score (nSPS) is 9.76. The summed E-state index contributed by atoms with van der Waals surface area (Å²) in [6, 6.07) is 0. The van der Waals surface area contributed by atoms with Crippen LogP contribution in [0.15, 0.2) is 0 Å². The molecular weight excluding hydrogens is 230 g/mol. The molecule has 17 heavy (non-hydrogen) atoms. The van der Waals surface area contributed by atoms with Gasteiger partial charge in [0.25, 0.3) is 0 Å². The molecule has 0 aliphatic carbocycles. The van der Waals surface area contributed by atoms with E-state index in [2.05, 4.69) is 20.3 Å². The number of H-pyrrole nitrogens is 1. The molecular formula is C9H11N3O5. The van der Waals surface area contributed by atoms with Crippen molar-refractivity contribution in [1.82, 2.24) is 10.2 Å². The number of rotatable bonds is 3. The number of aromatic carboxylic acids is 1. The largest absolute Gasteiger partial charge is 0.477 e. The first-order chi connectivity index (χ1) is 7.97. The summed E-state index contributed by atoms with van der Waals surface area (Å²) in [6.45, 7) is 3.08. The second kappa shape index (κ2) is 5.10. The van der Waals surface area contributed by atoms with E-state index in [1.54, 1.807) is 6.92 Å². The predicted molar refractivity (Wildman–Crippen MR) is 55.5 cm³/mol. The van der Waals surface area contributed by atoms with E-state index in [9.17, 15) is 14.4 Å². The van der Waals surface area contributed by atoms with Crippen LogP contribution < -0.4 is 5.32 Å². The molecule has 0 aliphatic heterocycles. The van der Waals surface area contributed by atoms with Crippen molar-refractivity contribution in [2.45, 2.75) is 13.8 Å². The average Bonchev–Trinajstić information content (AvgIpc) is 2.60. The molecule has 0 unspecified atom stereocenters. The molecule has 1 heterocycles. The second-order valence-corrected chi connectivity index (χ2v) is 3.05. The first-order valence-electron chi connectivity index (χ1n) is 4.73. The molecule has 0 atom stereocenters. The Morgan fingerprint density at radius 3 is 2.65 bits per heavy atom. The number of carboxylic acids is 1. The topological polar surface area (TPSA) is 121 Å². The van der Waals surface area contributed by atoms with Gasteiger partial charge in [0.05, 0.1) is 6.61 Å². The molecule has 1 aromatic heterocycles. The molecule has 0 aromatic carbocycles. The van der Waals surface area contributed by atoms with Gasteiger partial charge in [-0.15, -0.1) is 0 Å². The van der Waals surface area contributed by atoms with Crippen molar-refractivity contribution in [3.8, 4) is 0 Å². The van der Waals surface area contributed by atoms with Gasteiger partial charge in [-0.3, -0.25) is 15.2 Å².